The highest BCUT2D eigenvalue weighted by atomic mass is 16.5. The van der Waals surface area contributed by atoms with E-state index in [4.69, 9.17) is 4.74 Å². The van der Waals surface area contributed by atoms with Gasteiger partial charge in [0.25, 0.3) is 5.78 Å². The zero-order chi connectivity index (χ0) is 13.9. The summed E-state index contributed by atoms with van der Waals surface area (Å²) in [7, 11) is 0. The smallest absolute Gasteiger partial charge is 0.254 e. The van der Waals surface area contributed by atoms with Crippen LogP contribution < -0.4 is 5.32 Å². The third-order valence-electron chi connectivity index (χ3n) is 3.85. The second kappa shape index (κ2) is 5.75. The molecule has 0 aromatic carbocycles. The molecule has 0 radical (unpaired) electrons. The Morgan fingerprint density at radius 2 is 2.40 bits per heavy atom. The van der Waals surface area contributed by atoms with Crippen LogP contribution in [0.2, 0.25) is 0 Å². The Labute approximate surface area is 118 Å². The third-order valence-corrected chi connectivity index (χ3v) is 3.85. The Bertz CT molecular complexity index is 576. The van der Waals surface area contributed by atoms with E-state index >= 15 is 0 Å². The quantitative estimate of drug-likeness (QED) is 0.904. The minimum absolute atomic E-state index is 0.289. The monoisotopic (exact) mass is 275 g/mol. The van der Waals surface area contributed by atoms with Crippen molar-refractivity contribution in [2.45, 2.75) is 51.7 Å². The van der Waals surface area contributed by atoms with E-state index in [1.165, 1.54) is 0 Å². The van der Waals surface area contributed by atoms with Crippen molar-refractivity contribution in [3.63, 3.8) is 0 Å². The molecule has 0 spiro atoms. The largest absolute Gasteiger partial charge is 0.376 e. The average molecular weight is 275 g/mol. The van der Waals surface area contributed by atoms with Crippen LogP contribution in [0.5, 0.6) is 0 Å². The van der Waals surface area contributed by atoms with Gasteiger partial charge in [-0.15, -0.1) is 0 Å². The maximum atomic E-state index is 5.80. The van der Waals surface area contributed by atoms with Gasteiger partial charge in [-0.3, -0.25) is 0 Å². The van der Waals surface area contributed by atoms with Gasteiger partial charge < -0.3 is 10.1 Å². The first kappa shape index (κ1) is 13.3. The Kier molecular flexibility index (Phi) is 3.82. The molecule has 1 N–H and O–H groups in total. The molecule has 3 heterocycles. The zero-order valence-corrected chi connectivity index (χ0v) is 12.0. The number of rotatable bonds is 5. The van der Waals surface area contributed by atoms with Crippen molar-refractivity contribution in [1.29, 1.82) is 0 Å². The molecule has 1 aliphatic heterocycles. The van der Waals surface area contributed by atoms with Gasteiger partial charge in [0.05, 0.1) is 12.1 Å². The van der Waals surface area contributed by atoms with Crippen LogP contribution in [0.25, 0.3) is 5.78 Å². The number of ether oxygens (including phenoxy) is 1. The first-order valence-corrected chi connectivity index (χ1v) is 7.39. The van der Waals surface area contributed by atoms with E-state index in [0.29, 0.717) is 11.8 Å². The van der Waals surface area contributed by atoms with Crippen LogP contribution in [-0.4, -0.2) is 38.3 Å². The lowest BCUT2D eigenvalue weighted by Gasteiger charge is -2.24. The molecule has 0 amide bonds. The molecule has 2 aromatic heterocycles. The van der Waals surface area contributed by atoms with E-state index in [0.717, 1.165) is 43.8 Å². The summed E-state index contributed by atoms with van der Waals surface area (Å²) in [5, 5.41) is 7.82. The second-order valence-corrected chi connectivity index (χ2v) is 5.17. The fourth-order valence-electron chi connectivity index (χ4n) is 2.71. The standard InChI is InChI=1S/C14H21N5O/c1-3-10-8-13(19-14(17-10)15-9-16-19)18-11(4-2)12-6-5-7-20-12/h8-9,11-12,18H,3-7H2,1-2H3. The van der Waals surface area contributed by atoms with Gasteiger partial charge in [-0.25, -0.2) is 4.98 Å². The molecular weight excluding hydrogens is 254 g/mol. The highest BCUT2D eigenvalue weighted by molar-refractivity contribution is 5.45. The number of fused-ring (bicyclic) bond motifs is 1. The van der Waals surface area contributed by atoms with Crippen molar-refractivity contribution in [3.05, 3.63) is 18.1 Å². The highest BCUT2D eigenvalue weighted by Crippen LogP contribution is 2.21. The molecule has 1 saturated heterocycles. The highest BCUT2D eigenvalue weighted by Gasteiger charge is 2.25. The maximum absolute atomic E-state index is 5.80. The summed E-state index contributed by atoms with van der Waals surface area (Å²) in [5.74, 6) is 1.60. The fraction of sp³-hybridized carbons (Fsp3) is 0.643. The van der Waals surface area contributed by atoms with Crippen LogP contribution in [0.3, 0.4) is 0 Å². The molecule has 2 aromatic rings. The van der Waals surface area contributed by atoms with Crippen LogP contribution in [0.4, 0.5) is 5.82 Å². The summed E-state index contributed by atoms with van der Waals surface area (Å²) in [6.45, 7) is 5.15. The molecule has 20 heavy (non-hydrogen) atoms. The molecule has 1 aliphatic rings. The molecule has 0 aliphatic carbocycles. The zero-order valence-electron chi connectivity index (χ0n) is 12.0. The van der Waals surface area contributed by atoms with E-state index in [1.54, 1.807) is 10.8 Å². The number of nitrogens with zero attached hydrogens (tertiary/aromatic N) is 4. The Morgan fingerprint density at radius 1 is 1.50 bits per heavy atom. The lowest BCUT2D eigenvalue weighted by Crippen LogP contribution is -2.33. The van der Waals surface area contributed by atoms with Crippen molar-refractivity contribution < 1.29 is 4.74 Å². The predicted molar refractivity (Wildman–Crippen MR) is 76.8 cm³/mol. The van der Waals surface area contributed by atoms with E-state index in [-0.39, 0.29) is 6.10 Å². The third kappa shape index (κ3) is 2.47. The summed E-state index contributed by atoms with van der Waals surface area (Å²) in [5.41, 5.74) is 1.02. The van der Waals surface area contributed by atoms with Crippen LogP contribution in [0, 0.1) is 0 Å². The predicted octanol–water partition coefficient (Wildman–Crippen LogP) is 2.06. The second-order valence-electron chi connectivity index (χ2n) is 5.17. The van der Waals surface area contributed by atoms with Gasteiger partial charge >= 0.3 is 0 Å². The van der Waals surface area contributed by atoms with Crippen molar-refractivity contribution >= 4 is 11.6 Å². The summed E-state index contributed by atoms with van der Waals surface area (Å²) in [6, 6.07) is 2.36. The van der Waals surface area contributed by atoms with Crippen LogP contribution in [0.1, 0.15) is 38.8 Å². The summed E-state index contributed by atoms with van der Waals surface area (Å²) >= 11 is 0. The van der Waals surface area contributed by atoms with Gasteiger partial charge in [0.15, 0.2) is 0 Å². The van der Waals surface area contributed by atoms with E-state index in [9.17, 15) is 0 Å². The van der Waals surface area contributed by atoms with Gasteiger partial charge in [0.2, 0.25) is 0 Å². The van der Waals surface area contributed by atoms with Gasteiger partial charge in [-0.2, -0.15) is 14.6 Å². The molecule has 6 heteroatoms. The Hall–Kier alpha value is -1.69. The van der Waals surface area contributed by atoms with Crippen LogP contribution in [-0.2, 0) is 11.2 Å². The van der Waals surface area contributed by atoms with E-state index in [2.05, 4.69) is 40.3 Å². The molecule has 0 bridgehead atoms. The molecule has 6 nitrogen and oxygen atoms in total. The van der Waals surface area contributed by atoms with Crippen molar-refractivity contribution in [3.8, 4) is 0 Å². The molecule has 2 unspecified atom stereocenters. The number of hydrogen-bond donors (Lipinski definition) is 1. The van der Waals surface area contributed by atoms with Gasteiger partial charge in [-0.1, -0.05) is 13.8 Å². The fourth-order valence-corrected chi connectivity index (χ4v) is 2.71. The van der Waals surface area contributed by atoms with Crippen LogP contribution in [0.15, 0.2) is 12.4 Å². The summed E-state index contributed by atoms with van der Waals surface area (Å²) in [4.78, 5) is 8.65. The minimum Gasteiger partial charge on any atom is -0.376 e. The average Bonchev–Trinajstić information content (AvgIpc) is 3.14. The number of hydrogen-bond acceptors (Lipinski definition) is 5. The molecule has 3 rings (SSSR count). The molecule has 108 valence electrons. The summed E-state index contributed by atoms with van der Waals surface area (Å²) < 4.78 is 7.57. The van der Waals surface area contributed by atoms with Crippen molar-refractivity contribution in [2.75, 3.05) is 11.9 Å². The number of nitrogens with one attached hydrogen (secondary N) is 1. The SMILES string of the molecule is CCc1cc(NC(CC)C2CCCO2)n2ncnc2n1. The first-order valence-electron chi connectivity index (χ1n) is 7.39. The van der Waals surface area contributed by atoms with Crippen molar-refractivity contribution in [1.82, 2.24) is 19.6 Å². The number of anilines is 1. The van der Waals surface area contributed by atoms with Crippen molar-refractivity contribution in [2.24, 2.45) is 0 Å². The molecule has 2 atom stereocenters. The number of aromatic nitrogens is 4. The normalized spacial score (nSPS) is 20.4. The van der Waals surface area contributed by atoms with Gasteiger partial charge in [0.1, 0.15) is 12.1 Å². The van der Waals surface area contributed by atoms with E-state index < -0.39 is 0 Å². The Balaban J connectivity index is 1.89. The van der Waals surface area contributed by atoms with Crippen LogP contribution >= 0.6 is 0 Å². The lowest BCUT2D eigenvalue weighted by atomic mass is 10.1. The summed E-state index contributed by atoms with van der Waals surface area (Å²) in [6.07, 6.45) is 6.01. The van der Waals surface area contributed by atoms with Gasteiger partial charge in [0, 0.05) is 18.4 Å². The topological polar surface area (TPSA) is 64.3 Å². The van der Waals surface area contributed by atoms with E-state index in [1.807, 2.05) is 0 Å². The first-order chi connectivity index (χ1) is 9.81. The molecule has 0 saturated carbocycles. The van der Waals surface area contributed by atoms with Gasteiger partial charge in [-0.05, 0) is 25.7 Å². The number of aryl methyl sites for hydroxylation is 1. The maximum Gasteiger partial charge on any atom is 0.254 e. The molecular formula is C14H21N5O. The minimum atomic E-state index is 0.289. The Morgan fingerprint density at radius 3 is 3.10 bits per heavy atom. The molecule has 1 fully saturated rings. The lowest BCUT2D eigenvalue weighted by molar-refractivity contribution is 0.0942.